The standard InChI is InChI=1S/C14H15NO5/c1-19-12(17)8-4-6-14(7-5-8)9-2-3-10(16)15-11(9)13(18)20-14/h2-3,8H,4-7H2,1H3,(H,15,16). The van der Waals surface area contributed by atoms with E-state index in [1.165, 1.54) is 13.2 Å². The highest BCUT2D eigenvalue weighted by Gasteiger charge is 2.49. The SMILES string of the molecule is COC(=O)C1CCC2(CC1)OC(=O)c1[nH]c(=O)ccc12. The van der Waals surface area contributed by atoms with Gasteiger partial charge in [-0.25, -0.2) is 4.79 Å². The van der Waals surface area contributed by atoms with E-state index in [0.717, 1.165) is 5.56 Å². The van der Waals surface area contributed by atoms with Crippen molar-refractivity contribution < 1.29 is 19.1 Å². The van der Waals surface area contributed by atoms with Crippen LogP contribution in [0.3, 0.4) is 0 Å². The zero-order valence-corrected chi connectivity index (χ0v) is 11.1. The first-order valence-electron chi connectivity index (χ1n) is 6.61. The van der Waals surface area contributed by atoms with Crippen LogP contribution >= 0.6 is 0 Å². The molecule has 1 aliphatic carbocycles. The molecule has 106 valence electrons. The van der Waals surface area contributed by atoms with Gasteiger partial charge in [0.25, 0.3) is 0 Å². The number of hydrogen-bond acceptors (Lipinski definition) is 5. The van der Waals surface area contributed by atoms with E-state index < -0.39 is 11.6 Å². The molecule has 0 saturated heterocycles. The molecule has 0 amide bonds. The van der Waals surface area contributed by atoms with Crippen molar-refractivity contribution in [2.45, 2.75) is 31.3 Å². The van der Waals surface area contributed by atoms with Crippen LogP contribution in [0.15, 0.2) is 16.9 Å². The lowest BCUT2D eigenvalue weighted by atomic mass is 9.75. The third-order valence-electron chi connectivity index (χ3n) is 4.23. The van der Waals surface area contributed by atoms with Crippen LogP contribution in [0.5, 0.6) is 0 Å². The topological polar surface area (TPSA) is 85.5 Å². The van der Waals surface area contributed by atoms with Crippen molar-refractivity contribution >= 4 is 11.9 Å². The zero-order chi connectivity index (χ0) is 14.3. The number of pyridine rings is 1. The van der Waals surface area contributed by atoms with E-state index in [1.807, 2.05) is 0 Å². The molecule has 0 atom stereocenters. The maximum atomic E-state index is 11.9. The number of ether oxygens (including phenoxy) is 2. The van der Waals surface area contributed by atoms with Gasteiger partial charge in [0.1, 0.15) is 11.3 Å². The van der Waals surface area contributed by atoms with E-state index in [0.29, 0.717) is 25.7 Å². The van der Waals surface area contributed by atoms with Gasteiger partial charge in [0.15, 0.2) is 0 Å². The second kappa shape index (κ2) is 4.47. The molecule has 1 N–H and O–H groups in total. The number of aromatic amines is 1. The molecule has 1 aromatic rings. The Balaban J connectivity index is 1.89. The van der Waals surface area contributed by atoms with E-state index in [-0.39, 0.29) is 23.1 Å². The lowest BCUT2D eigenvalue weighted by molar-refractivity contribution is -0.148. The lowest BCUT2D eigenvalue weighted by Gasteiger charge is -2.35. The first kappa shape index (κ1) is 12.9. The molecule has 0 unspecified atom stereocenters. The van der Waals surface area contributed by atoms with Crippen LogP contribution in [0.2, 0.25) is 0 Å². The van der Waals surface area contributed by atoms with E-state index in [1.54, 1.807) is 6.07 Å². The summed E-state index contributed by atoms with van der Waals surface area (Å²) in [6.45, 7) is 0. The van der Waals surface area contributed by atoms with Crippen molar-refractivity contribution in [2.75, 3.05) is 7.11 Å². The summed E-state index contributed by atoms with van der Waals surface area (Å²) in [6, 6.07) is 3.05. The number of fused-ring (bicyclic) bond motifs is 2. The van der Waals surface area contributed by atoms with Gasteiger partial charge in [-0.3, -0.25) is 9.59 Å². The second-order valence-corrected chi connectivity index (χ2v) is 5.29. The Morgan fingerprint density at radius 2 is 2.05 bits per heavy atom. The molecule has 0 radical (unpaired) electrons. The van der Waals surface area contributed by atoms with Gasteiger partial charge in [-0.2, -0.15) is 0 Å². The Bertz CT molecular complexity index is 625. The fraction of sp³-hybridized carbons (Fsp3) is 0.500. The molecular formula is C14H15NO5. The molecule has 2 aliphatic rings. The lowest BCUT2D eigenvalue weighted by Crippen LogP contribution is -2.34. The number of esters is 2. The van der Waals surface area contributed by atoms with Crippen LogP contribution in [0.25, 0.3) is 0 Å². The maximum Gasteiger partial charge on any atom is 0.356 e. The highest BCUT2D eigenvalue weighted by Crippen LogP contribution is 2.47. The minimum Gasteiger partial charge on any atom is -0.469 e. The highest BCUT2D eigenvalue weighted by molar-refractivity contribution is 5.92. The van der Waals surface area contributed by atoms with E-state index >= 15 is 0 Å². The van der Waals surface area contributed by atoms with E-state index in [9.17, 15) is 14.4 Å². The molecule has 6 nitrogen and oxygen atoms in total. The Labute approximate surface area is 115 Å². The average molecular weight is 277 g/mol. The number of aromatic nitrogens is 1. The van der Waals surface area contributed by atoms with Crippen molar-refractivity contribution in [1.29, 1.82) is 0 Å². The van der Waals surface area contributed by atoms with E-state index in [4.69, 9.17) is 9.47 Å². The molecule has 1 fully saturated rings. The number of nitrogens with one attached hydrogen (secondary N) is 1. The molecule has 2 heterocycles. The summed E-state index contributed by atoms with van der Waals surface area (Å²) in [5.74, 6) is -0.851. The Morgan fingerprint density at radius 1 is 1.35 bits per heavy atom. The van der Waals surface area contributed by atoms with Gasteiger partial charge in [0.2, 0.25) is 5.56 Å². The summed E-state index contributed by atoms with van der Waals surface area (Å²) >= 11 is 0. The number of rotatable bonds is 1. The number of carbonyl (C=O) groups is 2. The molecular weight excluding hydrogens is 262 g/mol. The summed E-state index contributed by atoms with van der Waals surface area (Å²) in [5, 5.41) is 0. The zero-order valence-electron chi connectivity index (χ0n) is 11.1. The van der Waals surface area contributed by atoms with Crippen LogP contribution in [0, 0.1) is 5.92 Å². The van der Waals surface area contributed by atoms with Gasteiger partial charge >= 0.3 is 11.9 Å². The van der Waals surface area contributed by atoms with Crippen molar-refractivity contribution in [1.82, 2.24) is 4.98 Å². The molecule has 1 spiro atoms. The minimum atomic E-state index is -0.693. The predicted molar refractivity (Wildman–Crippen MR) is 68.1 cm³/mol. The molecule has 20 heavy (non-hydrogen) atoms. The number of H-pyrrole nitrogens is 1. The third kappa shape index (κ3) is 1.83. The first-order valence-corrected chi connectivity index (χ1v) is 6.61. The number of carbonyl (C=O) groups excluding carboxylic acids is 2. The summed E-state index contributed by atoms with van der Waals surface area (Å²) in [5.41, 5.74) is -0.0401. The monoisotopic (exact) mass is 277 g/mol. The molecule has 1 saturated carbocycles. The highest BCUT2D eigenvalue weighted by atomic mass is 16.6. The number of methoxy groups -OCH3 is 1. The van der Waals surface area contributed by atoms with Crippen LogP contribution in [-0.2, 0) is 19.9 Å². The molecule has 6 heteroatoms. The van der Waals surface area contributed by atoms with Crippen molar-refractivity contribution in [2.24, 2.45) is 5.92 Å². The first-order chi connectivity index (χ1) is 9.55. The van der Waals surface area contributed by atoms with Crippen molar-refractivity contribution in [3.05, 3.63) is 33.7 Å². The molecule has 0 aromatic carbocycles. The smallest absolute Gasteiger partial charge is 0.356 e. The average Bonchev–Trinajstić information content (AvgIpc) is 2.71. The summed E-state index contributed by atoms with van der Waals surface area (Å²) < 4.78 is 10.3. The quantitative estimate of drug-likeness (QED) is 0.777. The Kier molecular flexibility index (Phi) is 2.88. The van der Waals surface area contributed by atoms with Crippen LogP contribution in [0.1, 0.15) is 41.7 Å². The Hall–Kier alpha value is -2.11. The maximum absolute atomic E-state index is 11.9. The predicted octanol–water partition coefficient (Wildman–Crippen LogP) is 1.10. The Morgan fingerprint density at radius 3 is 2.70 bits per heavy atom. The van der Waals surface area contributed by atoms with Crippen LogP contribution in [-0.4, -0.2) is 24.0 Å². The van der Waals surface area contributed by atoms with Crippen molar-refractivity contribution in [3.63, 3.8) is 0 Å². The van der Waals surface area contributed by atoms with Crippen LogP contribution < -0.4 is 5.56 Å². The third-order valence-corrected chi connectivity index (χ3v) is 4.23. The molecule has 0 bridgehead atoms. The number of hydrogen-bond donors (Lipinski definition) is 1. The normalized spacial score (nSPS) is 28.1. The summed E-state index contributed by atoms with van der Waals surface area (Å²) in [6.07, 6.45) is 2.35. The summed E-state index contributed by atoms with van der Waals surface area (Å²) in [4.78, 5) is 37.3. The minimum absolute atomic E-state index is 0.142. The fourth-order valence-electron chi connectivity index (χ4n) is 3.16. The van der Waals surface area contributed by atoms with Gasteiger partial charge in [-0.15, -0.1) is 0 Å². The largest absolute Gasteiger partial charge is 0.469 e. The van der Waals surface area contributed by atoms with Gasteiger partial charge < -0.3 is 14.5 Å². The molecule has 1 aromatic heterocycles. The van der Waals surface area contributed by atoms with Gasteiger partial charge in [-0.1, -0.05) is 0 Å². The van der Waals surface area contributed by atoms with E-state index in [2.05, 4.69) is 4.98 Å². The molecule has 1 aliphatic heterocycles. The van der Waals surface area contributed by atoms with Crippen molar-refractivity contribution in [3.8, 4) is 0 Å². The van der Waals surface area contributed by atoms with Crippen LogP contribution in [0.4, 0.5) is 0 Å². The summed E-state index contributed by atoms with van der Waals surface area (Å²) in [7, 11) is 1.38. The fourth-order valence-corrected chi connectivity index (χ4v) is 3.16. The van der Waals surface area contributed by atoms with Gasteiger partial charge in [-0.05, 0) is 31.7 Å². The van der Waals surface area contributed by atoms with Gasteiger partial charge in [0, 0.05) is 11.6 Å². The molecule has 3 rings (SSSR count). The second-order valence-electron chi connectivity index (χ2n) is 5.29. The van der Waals surface area contributed by atoms with Gasteiger partial charge in [0.05, 0.1) is 13.0 Å².